The molecule has 0 aliphatic heterocycles. The Labute approximate surface area is 132 Å². The zero-order valence-electron chi connectivity index (χ0n) is 14.9. The lowest BCUT2D eigenvalue weighted by molar-refractivity contribution is 0.164. The Hall–Kier alpha value is -0.860. The fourth-order valence-corrected chi connectivity index (χ4v) is 2.68. The van der Waals surface area contributed by atoms with Crippen molar-refractivity contribution in [3.05, 3.63) is 35.9 Å². The molecule has 0 radical (unpaired) electrons. The maximum absolute atomic E-state index is 4.25. The highest BCUT2D eigenvalue weighted by atomic mass is 16.4. The Kier molecular flexibility index (Phi) is 12.3. The first kappa shape index (κ1) is 20.1. The van der Waals surface area contributed by atoms with Crippen molar-refractivity contribution in [2.75, 3.05) is 21.3 Å². The third kappa shape index (κ3) is 8.90. The average molecular weight is 293 g/mol. The van der Waals surface area contributed by atoms with Crippen molar-refractivity contribution in [3.8, 4) is 0 Å². The molecule has 0 spiro atoms. The summed E-state index contributed by atoms with van der Waals surface area (Å²) in [6, 6.07) is 11.6. The highest BCUT2D eigenvalue weighted by Gasteiger charge is 2.21. The number of benzene rings is 1. The molecule has 0 aromatic heterocycles. The van der Waals surface area contributed by atoms with Gasteiger partial charge < -0.3 is 4.74 Å². The van der Waals surface area contributed by atoms with Gasteiger partial charge >= 0.3 is 0 Å². The number of methoxy groups -OCH3 is 1. The Morgan fingerprint density at radius 3 is 1.95 bits per heavy atom. The van der Waals surface area contributed by atoms with E-state index >= 15 is 0 Å². The van der Waals surface area contributed by atoms with Gasteiger partial charge in [0.05, 0.1) is 0 Å². The molecule has 1 aliphatic rings. The van der Waals surface area contributed by atoms with E-state index in [9.17, 15) is 0 Å². The van der Waals surface area contributed by atoms with E-state index < -0.39 is 0 Å². The number of hydrogen-bond acceptors (Lipinski definition) is 2. The molecule has 21 heavy (non-hydrogen) atoms. The van der Waals surface area contributed by atoms with Crippen LogP contribution in [0, 0.1) is 5.92 Å². The molecule has 2 heteroatoms. The molecular weight excluding hydrogens is 258 g/mol. The third-order valence-corrected chi connectivity index (χ3v) is 3.88. The summed E-state index contributed by atoms with van der Waals surface area (Å²) in [5.74, 6) is 0.946. The summed E-state index contributed by atoms with van der Waals surface area (Å²) in [6.07, 6.45) is 5.57. The first-order valence-electron chi connectivity index (χ1n) is 8.31. The maximum Gasteiger partial charge on any atom is 0.0351 e. The van der Waals surface area contributed by atoms with Crippen LogP contribution in [0.25, 0.3) is 0 Å². The van der Waals surface area contributed by atoms with Gasteiger partial charge in [-0.25, -0.2) is 0 Å². The van der Waals surface area contributed by atoms with Gasteiger partial charge in [0.1, 0.15) is 0 Å². The van der Waals surface area contributed by atoms with Gasteiger partial charge in [0.25, 0.3) is 0 Å². The lowest BCUT2D eigenvalue weighted by atomic mass is 9.86. The fraction of sp³-hybridized carbons (Fsp3) is 0.684. The minimum absolute atomic E-state index is 0.802. The number of hydrogen-bond donors (Lipinski definition) is 0. The number of rotatable bonds is 3. The zero-order valence-corrected chi connectivity index (χ0v) is 14.9. The smallest absolute Gasteiger partial charge is 0.0351 e. The molecular formula is C19H35NO. The summed E-state index contributed by atoms with van der Waals surface area (Å²) in [7, 11) is 5.52. The van der Waals surface area contributed by atoms with Gasteiger partial charge in [-0.3, -0.25) is 4.90 Å². The van der Waals surface area contributed by atoms with E-state index in [1.165, 1.54) is 31.2 Å². The van der Waals surface area contributed by atoms with Crippen LogP contribution in [-0.4, -0.2) is 32.2 Å². The van der Waals surface area contributed by atoms with Gasteiger partial charge in [0, 0.05) is 26.8 Å². The fourth-order valence-electron chi connectivity index (χ4n) is 2.68. The SMILES string of the molecule is CC.CC1CCC(N(C)Cc2ccccc2)CC1.COC. The second kappa shape index (κ2) is 12.8. The van der Waals surface area contributed by atoms with E-state index in [1.807, 2.05) is 13.8 Å². The molecule has 1 fully saturated rings. The maximum atomic E-state index is 4.25. The molecule has 0 saturated heterocycles. The Bertz CT molecular complexity index is 318. The molecule has 2 rings (SSSR count). The van der Waals surface area contributed by atoms with Crippen LogP contribution in [0.3, 0.4) is 0 Å². The number of nitrogens with zero attached hydrogens (tertiary/aromatic N) is 1. The molecule has 0 unspecified atom stereocenters. The Balaban J connectivity index is 0.000000713. The van der Waals surface area contributed by atoms with E-state index in [-0.39, 0.29) is 0 Å². The van der Waals surface area contributed by atoms with E-state index in [0.717, 1.165) is 18.5 Å². The van der Waals surface area contributed by atoms with E-state index in [0.29, 0.717) is 0 Å². The quantitative estimate of drug-likeness (QED) is 0.779. The van der Waals surface area contributed by atoms with Crippen LogP contribution >= 0.6 is 0 Å². The predicted octanol–water partition coefficient (Wildman–Crippen LogP) is 4.99. The molecule has 0 amide bonds. The van der Waals surface area contributed by atoms with Crippen molar-refractivity contribution in [1.29, 1.82) is 0 Å². The molecule has 1 aromatic carbocycles. The second-order valence-electron chi connectivity index (χ2n) is 5.72. The average Bonchev–Trinajstić information content (AvgIpc) is 2.52. The monoisotopic (exact) mass is 293 g/mol. The minimum Gasteiger partial charge on any atom is -0.388 e. The number of ether oxygens (including phenoxy) is 1. The minimum atomic E-state index is 0.802. The van der Waals surface area contributed by atoms with Crippen LogP contribution in [-0.2, 0) is 11.3 Å². The summed E-state index contributed by atoms with van der Waals surface area (Å²) in [6.45, 7) is 7.48. The van der Waals surface area contributed by atoms with Crippen molar-refractivity contribution in [1.82, 2.24) is 4.90 Å². The summed E-state index contributed by atoms with van der Waals surface area (Å²) in [5.41, 5.74) is 1.43. The topological polar surface area (TPSA) is 12.5 Å². The molecule has 1 aromatic rings. The van der Waals surface area contributed by atoms with Gasteiger partial charge in [-0.05, 0) is 44.2 Å². The lowest BCUT2D eigenvalue weighted by Gasteiger charge is -2.33. The van der Waals surface area contributed by atoms with Crippen LogP contribution in [0.4, 0.5) is 0 Å². The van der Waals surface area contributed by atoms with Gasteiger partial charge in [-0.15, -0.1) is 0 Å². The molecule has 1 aliphatic carbocycles. The van der Waals surface area contributed by atoms with Crippen molar-refractivity contribution in [2.45, 2.75) is 59.0 Å². The zero-order chi connectivity index (χ0) is 16.1. The van der Waals surface area contributed by atoms with Crippen LogP contribution in [0.1, 0.15) is 52.0 Å². The third-order valence-electron chi connectivity index (χ3n) is 3.88. The molecule has 0 heterocycles. The van der Waals surface area contributed by atoms with Gasteiger partial charge in [-0.2, -0.15) is 0 Å². The lowest BCUT2D eigenvalue weighted by Crippen LogP contribution is -2.34. The van der Waals surface area contributed by atoms with Crippen LogP contribution in [0.15, 0.2) is 30.3 Å². The first-order chi connectivity index (χ1) is 10.2. The van der Waals surface area contributed by atoms with Crippen molar-refractivity contribution < 1.29 is 4.74 Å². The summed E-state index contributed by atoms with van der Waals surface area (Å²) in [5, 5.41) is 0. The predicted molar refractivity (Wildman–Crippen MR) is 93.6 cm³/mol. The van der Waals surface area contributed by atoms with E-state index in [1.54, 1.807) is 14.2 Å². The molecule has 1 saturated carbocycles. The normalized spacial score (nSPS) is 20.9. The largest absolute Gasteiger partial charge is 0.388 e. The highest BCUT2D eigenvalue weighted by molar-refractivity contribution is 5.14. The van der Waals surface area contributed by atoms with Crippen LogP contribution in [0.5, 0.6) is 0 Å². The summed E-state index contributed by atoms with van der Waals surface area (Å²) >= 11 is 0. The standard InChI is InChI=1S/C15H23N.C2H6O.C2H6/c1-13-8-10-15(11-9-13)16(2)12-14-6-4-3-5-7-14;1-3-2;1-2/h3-7,13,15H,8-12H2,1-2H3;1-2H3;1-2H3. The molecule has 2 nitrogen and oxygen atoms in total. The Morgan fingerprint density at radius 2 is 1.48 bits per heavy atom. The van der Waals surface area contributed by atoms with Crippen molar-refractivity contribution in [3.63, 3.8) is 0 Å². The van der Waals surface area contributed by atoms with Crippen molar-refractivity contribution in [2.24, 2.45) is 5.92 Å². The Morgan fingerprint density at radius 1 is 1.00 bits per heavy atom. The van der Waals surface area contributed by atoms with Crippen LogP contribution in [0.2, 0.25) is 0 Å². The van der Waals surface area contributed by atoms with Gasteiger partial charge in [-0.1, -0.05) is 51.1 Å². The highest BCUT2D eigenvalue weighted by Crippen LogP contribution is 2.27. The van der Waals surface area contributed by atoms with Crippen molar-refractivity contribution >= 4 is 0 Å². The van der Waals surface area contributed by atoms with E-state index in [4.69, 9.17) is 0 Å². The summed E-state index contributed by atoms with van der Waals surface area (Å²) in [4.78, 5) is 2.53. The summed E-state index contributed by atoms with van der Waals surface area (Å²) < 4.78 is 4.25. The molecule has 122 valence electrons. The molecule has 0 atom stereocenters. The molecule has 0 N–H and O–H groups in total. The van der Waals surface area contributed by atoms with Gasteiger partial charge in [0.15, 0.2) is 0 Å². The van der Waals surface area contributed by atoms with E-state index in [2.05, 4.69) is 53.9 Å². The molecule has 0 bridgehead atoms. The van der Waals surface area contributed by atoms with Crippen LogP contribution < -0.4 is 0 Å². The van der Waals surface area contributed by atoms with Gasteiger partial charge in [0.2, 0.25) is 0 Å². The second-order valence-corrected chi connectivity index (χ2v) is 5.72. The first-order valence-corrected chi connectivity index (χ1v) is 8.31.